The maximum atomic E-state index is 13.5. The highest BCUT2D eigenvalue weighted by Crippen LogP contribution is 2.45. The summed E-state index contributed by atoms with van der Waals surface area (Å²) in [5, 5.41) is 11.4. The van der Waals surface area contributed by atoms with Crippen molar-refractivity contribution < 1.29 is 28.9 Å². The molecule has 2 aliphatic rings. The van der Waals surface area contributed by atoms with Crippen LogP contribution >= 0.6 is 0 Å². The number of aliphatic hydroxyl groups excluding tert-OH is 1. The van der Waals surface area contributed by atoms with Crippen LogP contribution in [0.1, 0.15) is 57.4 Å². The van der Waals surface area contributed by atoms with Gasteiger partial charge in [0.2, 0.25) is 6.79 Å². The first-order chi connectivity index (χ1) is 18.0. The van der Waals surface area contributed by atoms with Crippen LogP contribution in [0.4, 0.5) is 5.69 Å². The van der Waals surface area contributed by atoms with Crippen LogP contribution < -0.4 is 19.1 Å². The van der Waals surface area contributed by atoms with E-state index in [1.165, 1.54) is 4.90 Å². The molecule has 2 heterocycles. The molecule has 7 heteroatoms. The Bertz CT molecular complexity index is 1410. The fourth-order valence-corrected chi connectivity index (χ4v) is 4.73. The van der Waals surface area contributed by atoms with Crippen molar-refractivity contribution in [2.45, 2.75) is 52.2 Å². The highest BCUT2D eigenvalue weighted by Gasteiger charge is 2.47. The van der Waals surface area contributed by atoms with E-state index < -0.39 is 17.7 Å². The summed E-state index contributed by atoms with van der Waals surface area (Å²) in [5.74, 6) is -0.0194. The fraction of sp³-hybridized carbons (Fsp3) is 0.290. The lowest BCUT2D eigenvalue weighted by Crippen LogP contribution is -2.29. The maximum Gasteiger partial charge on any atom is 0.300 e. The summed E-state index contributed by atoms with van der Waals surface area (Å²) in [6.45, 7) is 10.3. The molecule has 2 aliphatic heterocycles. The van der Waals surface area contributed by atoms with Gasteiger partial charge in [-0.15, -0.1) is 0 Å². The number of ether oxygens (including phenoxy) is 3. The lowest BCUT2D eigenvalue weighted by atomic mass is 9.85. The van der Waals surface area contributed by atoms with E-state index in [9.17, 15) is 14.7 Å². The first-order valence-corrected chi connectivity index (χ1v) is 12.6. The highest BCUT2D eigenvalue weighted by molar-refractivity contribution is 6.51. The Morgan fingerprint density at radius 2 is 1.61 bits per heavy atom. The molecule has 0 saturated carbocycles. The van der Waals surface area contributed by atoms with Gasteiger partial charge >= 0.3 is 0 Å². The second kappa shape index (κ2) is 9.56. The summed E-state index contributed by atoms with van der Waals surface area (Å²) in [6.07, 6.45) is -0.00228. The number of nitrogens with zero attached hydrogens (tertiary/aromatic N) is 1. The van der Waals surface area contributed by atoms with Crippen LogP contribution in [-0.4, -0.2) is 29.7 Å². The molecule has 1 N–H and O–H groups in total. The van der Waals surface area contributed by atoms with E-state index in [1.807, 2.05) is 38.1 Å². The third kappa shape index (κ3) is 4.60. The predicted octanol–water partition coefficient (Wildman–Crippen LogP) is 6.13. The van der Waals surface area contributed by atoms with Crippen molar-refractivity contribution in [1.82, 2.24) is 0 Å². The van der Waals surface area contributed by atoms with Gasteiger partial charge in [-0.25, -0.2) is 0 Å². The van der Waals surface area contributed by atoms with E-state index >= 15 is 0 Å². The van der Waals surface area contributed by atoms with Gasteiger partial charge in [0.15, 0.2) is 11.5 Å². The number of fused-ring (bicyclic) bond motifs is 1. The summed E-state index contributed by atoms with van der Waals surface area (Å²) >= 11 is 0. The number of hydrogen-bond acceptors (Lipinski definition) is 6. The Morgan fingerprint density at radius 3 is 2.24 bits per heavy atom. The van der Waals surface area contributed by atoms with Crippen molar-refractivity contribution in [3.8, 4) is 17.2 Å². The predicted molar refractivity (Wildman–Crippen MR) is 145 cm³/mol. The molecule has 1 atom stereocenters. The van der Waals surface area contributed by atoms with E-state index in [0.717, 1.165) is 5.56 Å². The van der Waals surface area contributed by atoms with E-state index in [4.69, 9.17) is 14.2 Å². The van der Waals surface area contributed by atoms with Gasteiger partial charge in [0, 0.05) is 17.3 Å². The molecule has 3 aromatic rings. The van der Waals surface area contributed by atoms with Crippen molar-refractivity contribution in [2.24, 2.45) is 0 Å². The molecule has 1 unspecified atom stereocenters. The minimum absolute atomic E-state index is 0.00228. The third-order valence-corrected chi connectivity index (χ3v) is 6.67. The van der Waals surface area contributed by atoms with Gasteiger partial charge in [0.1, 0.15) is 11.5 Å². The molecule has 3 aromatic carbocycles. The Morgan fingerprint density at radius 1 is 0.947 bits per heavy atom. The normalized spacial score (nSPS) is 18.4. The molecule has 1 fully saturated rings. The molecule has 0 aromatic heterocycles. The van der Waals surface area contributed by atoms with Gasteiger partial charge in [-0.3, -0.25) is 14.5 Å². The van der Waals surface area contributed by atoms with Crippen molar-refractivity contribution in [3.05, 3.63) is 89.0 Å². The van der Waals surface area contributed by atoms with Crippen molar-refractivity contribution in [2.75, 3.05) is 11.7 Å². The van der Waals surface area contributed by atoms with Crippen LogP contribution in [-0.2, 0) is 15.0 Å². The summed E-state index contributed by atoms with van der Waals surface area (Å²) < 4.78 is 16.6. The summed E-state index contributed by atoms with van der Waals surface area (Å²) in [4.78, 5) is 28.4. The maximum absolute atomic E-state index is 13.5. The van der Waals surface area contributed by atoms with Crippen LogP contribution in [0.2, 0.25) is 0 Å². The molecule has 196 valence electrons. The van der Waals surface area contributed by atoms with Gasteiger partial charge in [0.25, 0.3) is 11.7 Å². The fourth-order valence-electron chi connectivity index (χ4n) is 4.73. The molecule has 0 aliphatic carbocycles. The molecule has 0 spiro atoms. The zero-order chi connectivity index (χ0) is 27.2. The Balaban J connectivity index is 1.64. The van der Waals surface area contributed by atoms with Crippen molar-refractivity contribution >= 4 is 23.1 Å². The number of benzene rings is 3. The second-order valence-corrected chi connectivity index (χ2v) is 10.8. The SMILES string of the molecule is CC(C)Oc1ccc(/C(O)=C2\C(=O)C(=O)N(c3ccc4c(c3)OCO4)C2c2ccc(C(C)(C)C)cc2)cc1. The molecule has 0 bridgehead atoms. The Kier molecular flexibility index (Phi) is 6.39. The van der Waals surface area contributed by atoms with Crippen LogP contribution in [0.15, 0.2) is 72.3 Å². The molecule has 5 rings (SSSR count). The van der Waals surface area contributed by atoms with E-state index in [2.05, 4.69) is 20.8 Å². The minimum Gasteiger partial charge on any atom is -0.507 e. The van der Waals surface area contributed by atoms with E-state index in [1.54, 1.807) is 42.5 Å². The largest absolute Gasteiger partial charge is 0.507 e. The topological polar surface area (TPSA) is 85.3 Å². The number of aliphatic hydroxyl groups is 1. The summed E-state index contributed by atoms with van der Waals surface area (Å²) in [7, 11) is 0. The third-order valence-electron chi connectivity index (χ3n) is 6.67. The number of amides is 1. The van der Waals surface area contributed by atoms with Crippen LogP contribution in [0.25, 0.3) is 5.76 Å². The number of carbonyl (C=O) groups is 2. The van der Waals surface area contributed by atoms with Gasteiger partial charge in [-0.2, -0.15) is 0 Å². The number of Topliss-reactive ketones (excluding diaryl/α,β-unsaturated/α-hetero) is 1. The standard InChI is InChI=1S/C31H31NO6/c1-18(2)38-23-13-8-20(9-14-23)28(33)26-27(19-6-10-21(11-7-19)31(3,4)5)32(30(35)29(26)34)22-12-15-24-25(16-22)37-17-36-24/h6-16,18,27,33H,17H2,1-5H3/b28-26+. The number of carbonyl (C=O) groups excluding carboxylic acids is 2. The van der Waals surface area contributed by atoms with Gasteiger partial charge in [0.05, 0.1) is 17.7 Å². The molecule has 1 amide bonds. The molecular weight excluding hydrogens is 482 g/mol. The zero-order valence-corrected chi connectivity index (χ0v) is 22.1. The lowest BCUT2D eigenvalue weighted by Gasteiger charge is -2.26. The van der Waals surface area contributed by atoms with Gasteiger partial charge in [-0.05, 0) is 66.8 Å². The summed E-state index contributed by atoms with van der Waals surface area (Å²) in [6, 6.07) is 18.9. The first kappa shape index (κ1) is 25.4. The highest BCUT2D eigenvalue weighted by atomic mass is 16.7. The van der Waals surface area contributed by atoms with Crippen LogP contribution in [0.5, 0.6) is 17.2 Å². The average molecular weight is 514 g/mol. The van der Waals surface area contributed by atoms with Gasteiger partial charge < -0.3 is 19.3 Å². The number of anilines is 1. The van der Waals surface area contributed by atoms with E-state index in [0.29, 0.717) is 34.1 Å². The number of rotatable bonds is 5. The second-order valence-electron chi connectivity index (χ2n) is 10.8. The Hall–Kier alpha value is -4.26. The van der Waals surface area contributed by atoms with E-state index in [-0.39, 0.29) is 29.6 Å². The molecule has 1 saturated heterocycles. The Labute approximate surface area is 222 Å². The summed E-state index contributed by atoms with van der Waals surface area (Å²) in [5.41, 5.74) is 2.66. The molecule has 0 radical (unpaired) electrons. The lowest BCUT2D eigenvalue weighted by molar-refractivity contribution is -0.132. The molecule has 7 nitrogen and oxygen atoms in total. The average Bonchev–Trinajstić information content (AvgIpc) is 3.45. The van der Waals surface area contributed by atoms with Crippen LogP contribution in [0, 0.1) is 0 Å². The first-order valence-electron chi connectivity index (χ1n) is 12.6. The monoisotopic (exact) mass is 513 g/mol. The van der Waals surface area contributed by atoms with Gasteiger partial charge in [-0.1, -0.05) is 45.0 Å². The minimum atomic E-state index is -0.837. The number of hydrogen-bond donors (Lipinski definition) is 1. The molecule has 38 heavy (non-hydrogen) atoms. The quantitative estimate of drug-likeness (QED) is 0.251. The van der Waals surface area contributed by atoms with Crippen LogP contribution in [0.3, 0.4) is 0 Å². The van der Waals surface area contributed by atoms with Crippen molar-refractivity contribution in [3.63, 3.8) is 0 Å². The smallest absolute Gasteiger partial charge is 0.300 e. The molecular formula is C31H31NO6. The number of ketones is 1. The van der Waals surface area contributed by atoms with Crippen molar-refractivity contribution in [1.29, 1.82) is 0 Å². The zero-order valence-electron chi connectivity index (χ0n) is 22.1.